The van der Waals surface area contributed by atoms with Crippen molar-refractivity contribution in [2.75, 3.05) is 6.61 Å². The molecule has 0 aliphatic carbocycles. The summed E-state index contributed by atoms with van der Waals surface area (Å²) < 4.78 is 13.1. The van der Waals surface area contributed by atoms with Crippen molar-refractivity contribution in [3.05, 3.63) is 23.5 Å². The highest BCUT2D eigenvalue weighted by atomic mass is 16.7. The summed E-state index contributed by atoms with van der Waals surface area (Å²) in [6.45, 7) is 0.720. The monoisotopic (exact) mass is 253 g/mol. The van der Waals surface area contributed by atoms with Gasteiger partial charge in [-0.05, 0) is 12.1 Å². The second-order valence-electron chi connectivity index (χ2n) is 4.80. The molecule has 2 aliphatic rings. The summed E-state index contributed by atoms with van der Waals surface area (Å²) in [6, 6.07) is 3.57. The minimum Gasteiger partial charge on any atom is -0.390 e. The molecule has 0 aromatic carbocycles. The van der Waals surface area contributed by atoms with E-state index in [0.717, 1.165) is 12.0 Å². The van der Waals surface area contributed by atoms with Gasteiger partial charge >= 0.3 is 0 Å². The Kier molecular flexibility index (Phi) is 2.74. The number of aromatic nitrogens is 1. The van der Waals surface area contributed by atoms with Gasteiger partial charge in [-0.3, -0.25) is 4.79 Å². The van der Waals surface area contributed by atoms with Gasteiger partial charge in [-0.15, -0.1) is 0 Å². The number of carbonyl (C=O) groups is 1. The quantitative estimate of drug-likeness (QED) is 0.670. The molecule has 2 N–H and O–H groups in total. The fourth-order valence-corrected chi connectivity index (χ4v) is 2.51. The Morgan fingerprint density at radius 2 is 2.17 bits per heavy atom. The van der Waals surface area contributed by atoms with Gasteiger partial charge in [0, 0.05) is 12.1 Å². The lowest BCUT2D eigenvalue weighted by Crippen LogP contribution is -2.54. The first-order valence-electron chi connectivity index (χ1n) is 5.91. The van der Waals surface area contributed by atoms with Crippen LogP contribution in [0.15, 0.2) is 12.1 Å². The van der Waals surface area contributed by atoms with Gasteiger partial charge in [-0.25, -0.2) is 0 Å². The summed E-state index contributed by atoms with van der Waals surface area (Å²) in [6.07, 6.45) is -0.757. The lowest BCUT2D eigenvalue weighted by Gasteiger charge is -2.43. The van der Waals surface area contributed by atoms with E-state index in [4.69, 9.17) is 9.47 Å². The van der Waals surface area contributed by atoms with E-state index in [2.05, 4.69) is 0 Å². The van der Waals surface area contributed by atoms with E-state index in [9.17, 15) is 15.0 Å². The summed E-state index contributed by atoms with van der Waals surface area (Å²) in [7, 11) is 0. The van der Waals surface area contributed by atoms with Crippen LogP contribution in [-0.4, -0.2) is 45.7 Å². The fraction of sp³-hybridized carbons (Fsp3) is 0.583. The number of fused-ring (bicyclic) bond motifs is 1. The normalized spacial score (nSPS) is 35.4. The lowest BCUT2D eigenvalue weighted by atomic mass is 9.99. The Hall–Kier alpha value is -1.21. The summed E-state index contributed by atoms with van der Waals surface area (Å²) in [5.41, 5.74) is 1.48. The van der Waals surface area contributed by atoms with Crippen LogP contribution in [0.2, 0.25) is 0 Å². The zero-order valence-electron chi connectivity index (χ0n) is 9.78. The maximum absolute atomic E-state index is 10.9. The van der Waals surface area contributed by atoms with Crippen molar-refractivity contribution >= 4 is 6.29 Å². The standard InChI is InChI=1S/C12H15NO5/c14-4-8-1-2-9-5-17-12(7-13(8)9)3-10(15)11(16)6-18-12/h1-2,4,10-11,15-16H,3,5-7H2/t10-,11+,12-/m0/s1. The number of hydrogen-bond donors (Lipinski definition) is 2. The molecule has 98 valence electrons. The fourth-order valence-electron chi connectivity index (χ4n) is 2.51. The predicted molar refractivity (Wildman–Crippen MR) is 59.9 cm³/mol. The van der Waals surface area contributed by atoms with Gasteiger partial charge < -0.3 is 24.3 Å². The average Bonchev–Trinajstić information content (AvgIpc) is 2.76. The van der Waals surface area contributed by atoms with E-state index in [1.54, 1.807) is 6.07 Å². The highest BCUT2D eigenvalue weighted by Gasteiger charge is 2.44. The molecule has 1 aromatic rings. The van der Waals surface area contributed by atoms with Crippen molar-refractivity contribution < 1.29 is 24.5 Å². The van der Waals surface area contributed by atoms with Gasteiger partial charge in [0.15, 0.2) is 12.1 Å². The molecule has 0 radical (unpaired) electrons. The molecule has 18 heavy (non-hydrogen) atoms. The number of aliphatic hydroxyl groups is 2. The Bertz CT molecular complexity index is 471. The van der Waals surface area contributed by atoms with Crippen LogP contribution >= 0.6 is 0 Å². The van der Waals surface area contributed by atoms with Crippen LogP contribution in [0.1, 0.15) is 22.6 Å². The Labute approximate surface area is 104 Å². The van der Waals surface area contributed by atoms with E-state index in [1.807, 2.05) is 10.6 Å². The molecule has 1 saturated heterocycles. The van der Waals surface area contributed by atoms with Gasteiger partial charge in [-0.1, -0.05) is 0 Å². The van der Waals surface area contributed by atoms with E-state index in [1.165, 1.54) is 0 Å². The highest BCUT2D eigenvalue weighted by molar-refractivity contribution is 5.72. The van der Waals surface area contributed by atoms with Crippen LogP contribution in [0, 0.1) is 0 Å². The molecule has 6 heteroatoms. The Morgan fingerprint density at radius 3 is 2.89 bits per heavy atom. The molecule has 0 bridgehead atoms. The minimum absolute atomic E-state index is 0.0359. The van der Waals surface area contributed by atoms with Crippen molar-refractivity contribution in [3.63, 3.8) is 0 Å². The molecule has 3 heterocycles. The topological polar surface area (TPSA) is 80.9 Å². The van der Waals surface area contributed by atoms with Crippen LogP contribution in [-0.2, 0) is 22.6 Å². The molecular weight excluding hydrogens is 238 g/mol. The molecular formula is C12H15NO5. The van der Waals surface area contributed by atoms with E-state index < -0.39 is 18.0 Å². The third-order valence-electron chi connectivity index (χ3n) is 3.59. The van der Waals surface area contributed by atoms with Crippen LogP contribution in [0.5, 0.6) is 0 Å². The number of carbonyl (C=O) groups excluding carboxylic acids is 1. The molecule has 3 atom stereocenters. The number of rotatable bonds is 1. The van der Waals surface area contributed by atoms with Crippen molar-refractivity contribution in [2.45, 2.75) is 37.6 Å². The summed E-state index contributed by atoms with van der Waals surface area (Å²) in [4.78, 5) is 10.9. The van der Waals surface area contributed by atoms with Gasteiger partial charge in [-0.2, -0.15) is 0 Å². The van der Waals surface area contributed by atoms with E-state index in [-0.39, 0.29) is 13.0 Å². The minimum atomic E-state index is -0.942. The Morgan fingerprint density at radius 1 is 1.33 bits per heavy atom. The zero-order valence-corrected chi connectivity index (χ0v) is 9.78. The maximum Gasteiger partial charge on any atom is 0.189 e. The molecule has 0 amide bonds. The first-order chi connectivity index (χ1) is 8.63. The first kappa shape index (κ1) is 11.9. The third-order valence-corrected chi connectivity index (χ3v) is 3.59. The molecule has 0 saturated carbocycles. The molecule has 1 spiro atoms. The van der Waals surface area contributed by atoms with Crippen LogP contribution in [0.4, 0.5) is 0 Å². The number of aliphatic hydroxyl groups excluding tert-OH is 2. The molecule has 1 aromatic heterocycles. The number of hydrogen-bond acceptors (Lipinski definition) is 5. The van der Waals surface area contributed by atoms with Gasteiger partial charge in [0.1, 0.15) is 6.10 Å². The molecule has 6 nitrogen and oxygen atoms in total. The summed E-state index contributed by atoms with van der Waals surface area (Å²) >= 11 is 0. The lowest BCUT2D eigenvalue weighted by molar-refractivity contribution is -0.310. The van der Waals surface area contributed by atoms with Crippen LogP contribution in [0.3, 0.4) is 0 Å². The van der Waals surface area contributed by atoms with Gasteiger partial charge in [0.25, 0.3) is 0 Å². The molecule has 1 fully saturated rings. The number of nitrogens with zero attached hydrogens (tertiary/aromatic N) is 1. The van der Waals surface area contributed by atoms with Crippen molar-refractivity contribution in [1.82, 2.24) is 4.57 Å². The maximum atomic E-state index is 10.9. The Balaban J connectivity index is 1.87. The second kappa shape index (κ2) is 4.17. The van der Waals surface area contributed by atoms with E-state index >= 15 is 0 Å². The summed E-state index contributed by atoms with van der Waals surface area (Å²) in [5.74, 6) is -0.942. The molecule has 3 rings (SSSR count). The van der Waals surface area contributed by atoms with Crippen molar-refractivity contribution in [3.8, 4) is 0 Å². The number of aldehydes is 1. The van der Waals surface area contributed by atoms with Crippen LogP contribution in [0.25, 0.3) is 0 Å². The SMILES string of the molecule is O=Cc1ccc2n1C[C@@]1(C[C@H](O)[C@H](O)CO1)OC2. The van der Waals surface area contributed by atoms with Crippen molar-refractivity contribution in [2.24, 2.45) is 0 Å². The second-order valence-corrected chi connectivity index (χ2v) is 4.80. The average molecular weight is 253 g/mol. The van der Waals surface area contributed by atoms with E-state index in [0.29, 0.717) is 18.8 Å². The first-order valence-corrected chi connectivity index (χ1v) is 5.91. The smallest absolute Gasteiger partial charge is 0.189 e. The number of ether oxygens (including phenoxy) is 2. The third kappa shape index (κ3) is 1.78. The van der Waals surface area contributed by atoms with Crippen molar-refractivity contribution in [1.29, 1.82) is 0 Å². The molecule has 0 unspecified atom stereocenters. The van der Waals surface area contributed by atoms with Crippen LogP contribution < -0.4 is 0 Å². The predicted octanol–water partition coefficient (Wildman–Crippen LogP) is -0.331. The zero-order chi connectivity index (χ0) is 12.8. The summed E-state index contributed by atoms with van der Waals surface area (Å²) in [5, 5.41) is 19.2. The van der Waals surface area contributed by atoms with Gasteiger partial charge in [0.05, 0.1) is 31.6 Å². The highest BCUT2D eigenvalue weighted by Crippen LogP contribution is 2.34. The van der Waals surface area contributed by atoms with Gasteiger partial charge in [0.2, 0.25) is 0 Å². The largest absolute Gasteiger partial charge is 0.390 e. The molecule has 2 aliphatic heterocycles.